The minimum Gasteiger partial charge on any atom is -0.397 e. The predicted octanol–water partition coefficient (Wildman–Crippen LogP) is 2.64. The van der Waals surface area contributed by atoms with Crippen molar-refractivity contribution in [3.05, 3.63) is 23.5 Å². The molecule has 0 unspecified atom stereocenters. The Hall–Kier alpha value is -0.700. The Morgan fingerprint density at radius 2 is 1.85 bits per heavy atom. The zero-order valence-corrected chi connectivity index (χ0v) is 9.60. The molecule has 2 nitrogen and oxygen atoms in total. The number of rotatable bonds is 1. The molecular weight excluding hydrogens is 180 g/mol. The fourth-order valence-electron chi connectivity index (χ4n) is 1.14. The van der Waals surface area contributed by atoms with Crippen molar-refractivity contribution in [1.29, 1.82) is 0 Å². The molecule has 0 saturated heterocycles. The van der Waals surface area contributed by atoms with Crippen LogP contribution in [-0.4, -0.2) is 11.2 Å². The molecule has 1 heterocycles. The van der Waals surface area contributed by atoms with Gasteiger partial charge >= 0.3 is 0 Å². The van der Waals surface area contributed by atoms with E-state index < -0.39 is 0 Å². The molecular formula is C10H18N2S. The molecule has 0 radical (unpaired) electrons. The van der Waals surface area contributed by atoms with Gasteiger partial charge in [-0.15, -0.1) is 0 Å². The maximum Gasteiger partial charge on any atom is 0.0533 e. The fraction of sp³-hybridized carbons (Fsp3) is 0.500. The highest BCUT2D eigenvalue weighted by atomic mass is 32.1. The maximum absolute atomic E-state index is 5.70. The predicted molar refractivity (Wildman–Crippen MR) is 62.4 cm³/mol. The summed E-state index contributed by atoms with van der Waals surface area (Å²) in [4.78, 5) is 4.04. The van der Waals surface area contributed by atoms with Crippen LogP contribution in [0.1, 0.15) is 30.9 Å². The molecule has 3 heteroatoms. The van der Waals surface area contributed by atoms with Crippen LogP contribution in [0.5, 0.6) is 0 Å². The Bertz CT molecular complexity index is 259. The number of anilines is 1. The second-order valence-electron chi connectivity index (χ2n) is 3.10. The third-order valence-corrected chi connectivity index (χ3v) is 1.92. The Kier molecular flexibility index (Phi) is 5.55. The maximum atomic E-state index is 5.70. The lowest BCUT2D eigenvalue weighted by molar-refractivity contribution is 0.848. The van der Waals surface area contributed by atoms with Crippen molar-refractivity contribution >= 4 is 18.3 Å². The number of nitrogen functional groups attached to an aromatic ring is 1. The first-order valence-electron chi connectivity index (χ1n) is 4.27. The summed E-state index contributed by atoms with van der Waals surface area (Å²) >= 11 is 3.53. The van der Waals surface area contributed by atoms with E-state index in [1.165, 1.54) is 5.56 Å². The van der Waals surface area contributed by atoms with Gasteiger partial charge in [-0.1, -0.05) is 13.8 Å². The highest BCUT2D eigenvalue weighted by molar-refractivity contribution is 7.79. The van der Waals surface area contributed by atoms with Crippen molar-refractivity contribution in [3.63, 3.8) is 0 Å². The number of hydrogen-bond donors (Lipinski definition) is 2. The molecule has 0 aliphatic rings. The van der Waals surface area contributed by atoms with Gasteiger partial charge in [0.25, 0.3) is 0 Å². The number of pyridine rings is 1. The normalized spacial score (nSPS) is 9.38. The Morgan fingerprint density at radius 1 is 1.31 bits per heavy atom. The number of thiol groups is 1. The van der Waals surface area contributed by atoms with Crippen LogP contribution in [0.15, 0.2) is 12.4 Å². The standard InChI is InChI=1S/C9H14N2.CH4S/c1-6(2)8-4-11-5-9(10)7(8)3;1-2/h4-6H,10H2,1-3H3;2H,1H3. The van der Waals surface area contributed by atoms with E-state index in [1.54, 1.807) is 12.5 Å². The van der Waals surface area contributed by atoms with Crippen LogP contribution < -0.4 is 5.73 Å². The molecule has 2 N–H and O–H groups in total. The average molecular weight is 198 g/mol. The summed E-state index contributed by atoms with van der Waals surface area (Å²) in [5, 5.41) is 0. The highest BCUT2D eigenvalue weighted by Crippen LogP contribution is 2.21. The lowest BCUT2D eigenvalue weighted by Crippen LogP contribution is -1.98. The Morgan fingerprint density at radius 3 is 2.23 bits per heavy atom. The Balaban J connectivity index is 0.000000671. The molecule has 13 heavy (non-hydrogen) atoms. The zero-order chi connectivity index (χ0) is 10.4. The van der Waals surface area contributed by atoms with Gasteiger partial charge in [-0.2, -0.15) is 12.6 Å². The molecule has 0 amide bonds. The van der Waals surface area contributed by atoms with Gasteiger partial charge in [0, 0.05) is 6.20 Å². The van der Waals surface area contributed by atoms with E-state index in [0.29, 0.717) is 5.92 Å². The molecule has 0 aliphatic heterocycles. The molecule has 1 rings (SSSR count). The molecule has 1 aromatic heterocycles. The van der Waals surface area contributed by atoms with Crippen molar-refractivity contribution in [3.8, 4) is 0 Å². The minimum atomic E-state index is 0.506. The summed E-state index contributed by atoms with van der Waals surface area (Å²) in [6.07, 6.45) is 5.28. The van der Waals surface area contributed by atoms with E-state index in [-0.39, 0.29) is 0 Å². The summed E-state index contributed by atoms with van der Waals surface area (Å²) in [6.45, 7) is 6.32. The summed E-state index contributed by atoms with van der Waals surface area (Å²) in [5.74, 6) is 0.506. The molecule has 1 aromatic rings. The van der Waals surface area contributed by atoms with E-state index in [1.807, 2.05) is 13.1 Å². The minimum absolute atomic E-state index is 0.506. The second kappa shape index (κ2) is 5.86. The Labute approximate surface area is 86.0 Å². The van der Waals surface area contributed by atoms with E-state index in [2.05, 4.69) is 31.5 Å². The van der Waals surface area contributed by atoms with E-state index >= 15 is 0 Å². The highest BCUT2D eigenvalue weighted by Gasteiger charge is 2.04. The van der Waals surface area contributed by atoms with Gasteiger partial charge in [0.2, 0.25) is 0 Å². The van der Waals surface area contributed by atoms with Crippen LogP contribution in [0, 0.1) is 6.92 Å². The first-order valence-corrected chi connectivity index (χ1v) is 5.17. The molecule has 0 atom stereocenters. The van der Waals surface area contributed by atoms with Crippen molar-refractivity contribution in [2.75, 3.05) is 12.0 Å². The van der Waals surface area contributed by atoms with Crippen molar-refractivity contribution in [2.45, 2.75) is 26.7 Å². The van der Waals surface area contributed by atoms with E-state index in [0.717, 1.165) is 11.3 Å². The lowest BCUT2D eigenvalue weighted by atomic mass is 10.00. The molecule has 0 aromatic carbocycles. The second-order valence-corrected chi connectivity index (χ2v) is 3.10. The molecule has 0 spiro atoms. The van der Waals surface area contributed by atoms with Gasteiger partial charge < -0.3 is 5.73 Å². The monoisotopic (exact) mass is 198 g/mol. The molecule has 0 fully saturated rings. The largest absolute Gasteiger partial charge is 0.397 e. The molecule has 0 saturated carbocycles. The van der Waals surface area contributed by atoms with Crippen LogP contribution in [0.4, 0.5) is 5.69 Å². The van der Waals surface area contributed by atoms with Gasteiger partial charge in [-0.3, -0.25) is 4.98 Å². The first-order chi connectivity index (χ1) is 6.13. The van der Waals surface area contributed by atoms with Gasteiger partial charge in [-0.25, -0.2) is 0 Å². The van der Waals surface area contributed by atoms with Gasteiger partial charge in [0.05, 0.1) is 11.9 Å². The van der Waals surface area contributed by atoms with Gasteiger partial charge in [0.1, 0.15) is 0 Å². The third-order valence-electron chi connectivity index (χ3n) is 1.92. The quantitative estimate of drug-likeness (QED) is 0.681. The van der Waals surface area contributed by atoms with E-state index in [4.69, 9.17) is 5.73 Å². The molecule has 74 valence electrons. The number of nitrogens with zero attached hydrogens (tertiary/aromatic N) is 1. The van der Waals surface area contributed by atoms with Gasteiger partial charge in [-0.05, 0) is 30.2 Å². The van der Waals surface area contributed by atoms with E-state index in [9.17, 15) is 0 Å². The zero-order valence-electron chi connectivity index (χ0n) is 8.70. The van der Waals surface area contributed by atoms with Crippen LogP contribution in [0.25, 0.3) is 0 Å². The first kappa shape index (κ1) is 12.3. The van der Waals surface area contributed by atoms with Crippen LogP contribution in [0.3, 0.4) is 0 Å². The van der Waals surface area contributed by atoms with Gasteiger partial charge in [0.15, 0.2) is 0 Å². The van der Waals surface area contributed by atoms with Crippen LogP contribution >= 0.6 is 12.6 Å². The molecule has 0 bridgehead atoms. The number of hydrogen-bond acceptors (Lipinski definition) is 3. The fourth-order valence-corrected chi connectivity index (χ4v) is 1.14. The SMILES string of the molecule is CS.Cc1c(N)cncc1C(C)C. The topological polar surface area (TPSA) is 38.9 Å². The average Bonchev–Trinajstić information content (AvgIpc) is 2.13. The summed E-state index contributed by atoms with van der Waals surface area (Å²) in [5.41, 5.74) is 8.89. The smallest absolute Gasteiger partial charge is 0.0533 e. The van der Waals surface area contributed by atoms with Crippen LogP contribution in [0.2, 0.25) is 0 Å². The summed E-state index contributed by atoms with van der Waals surface area (Å²) in [6, 6.07) is 0. The van der Waals surface area contributed by atoms with Crippen LogP contribution in [-0.2, 0) is 0 Å². The number of aromatic nitrogens is 1. The van der Waals surface area contributed by atoms with Crippen molar-refractivity contribution in [1.82, 2.24) is 4.98 Å². The number of nitrogens with two attached hydrogens (primary N) is 1. The lowest BCUT2D eigenvalue weighted by Gasteiger charge is -2.09. The third kappa shape index (κ3) is 3.27. The molecule has 0 aliphatic carbocycles. The van der Waals surface area contributed by atoms with Crippen molar-refractivity contribution < 1.29 is 0 Å². The summed E-state index contributed by atoms with van der Waals surface area (Å²) < 4.78 is 0. The van der Waals surface area contributed by atoms with Crippen molar-refractivity contribution in [2.24, 2.45) is 0 Å². The summed E-state index contributed by atoms with van der Waals surface area (Å²) in [7, 11) is 0.